The normalized spacial score (nSPS) is 11.9. The molecule has 0 saturated heterocycles. The van der Waals surface area contributed by atoms with Crippen LogP contribution in [0.4, 0.5) is 10.1 Å². The van der Waals surface area contributed by atoms with Crippen LogP contribution in [0.2, 0.25) is 5.02 Å². The van der Waals surface area contributed by atoms with Crippen molar-refractivity contribution >= 4 is 29.3 Å². The number of aromatic nitrogens is 2. The molecule has 0 aliphatic rings. The number of aryl methyl sites for hydroxylation is 1. The van der Waals surface area contributed by atoms with Crippen LogP contribution in [-0.4, -0.2) is 28.4 Å². The molecule has 7 heteroatoms. The van der Waals surface area contributed by atoms with Crippen molar-refractivity contribution in [3.05, 3.63) is 53.1 Å². The zero-order chi connectivity index (χ0) is 18.4. The van der Waals surface area contributed by atoms with Crippen LogP contribution in [0.3, 0.4) is 0 Å². The van der Waals surface area contributed by atoms with E-state index in [1.807, 2.05) is 13.8 Å². The van der Waals surface area contributed by atoms with Gasteiger partial charge in [0.2, 0.25) is 5.91 Å². The van der Waals surface area contributed by atoms with Crippen LogP contribution in [0.5, 0.6) is 0 Å². The van der Waals surface area contributed by atoms with Crippen LogP contribution < -0.4 is 5.32 Å². The zero-order valence-electron chi connectivity index (χ0n) is 14.4. The van der Waals surface area contributed by atoms with Gasteiger partial charge < -0.3 is 10.1 Å². The molecule has 0 atom stereocenters. The molecular weight excluding hydrogens is 345 g/mol. The maximum atomic E-state index is 13.7. The van der Waals surface area contributed by atoms with Crippen molar-refractivity contribution in [3.8, 4) is 0 Å². The van der Waals surface area contributed by atoms with Gasteiger partial charge in [0.1, 0.15) is 5.82 Å². The summed E-state index contributed by atoms with van der Waals surface area (Å²) in [5.41, 5.74) is 0.498. The van der Waals surface area contributed by atoms with Crippen molar-refractivity contribution in [3.63, 3.8) is 0 Å². The molecule has 1 aromatic heterocycles. The molecule has 0 spiro atoms. The maximum Gasteiger partial charge on any atom is 0.248 e. The molecule has 0 fully saturated rings. The lowest BCUT2D eigenvalue weighted by molar-refractivity contribution is -0.111. The molecule has 2 rings (SSSR count). The van der Waals surface area contributed by atoms with E-state index in [1.54, 1.807) is 30.3 Å². The molecule has 1 N–H and O–H groups in total. The van der Waals surface area contributed by atoms with E-state index in [0.29, 0.717) is 12.2 Å². The molecule has 0 aliphatic heterocycles. The first-order valence-electron chi connectivity index (χ1n) is 7.81. The number of amides is 1. The highest BCUT2D eigenvalue weighted by molar-refractivity contribution is 6.32. The van der Waals surface area contributed by atoms with Crippen LogP contribution in [0, 0.1) is 5.82 Å². The van der Waals surface area contributed by atoms with Crippen LogP contribution in [0.25, 0.3) is 6.08 Å². The van der Waals surface area contributed by atoms with Gasteiger partial charge in [0.05, 0.1) is 22.5 Å². The largest absolute Gasteiger partial charge is 0.379 e. The molecule has 0 radical (unpaired) electrons. The summed E-state index contributed by atoms with van der Waals surface area (Å²) in [5, 5.41) is 7.12. The Labute approximate surface area is 151 Å². The average molecular weight is 366 g/mol. The SMILES string of the molecule is COC(C)(C)CCn1cc(NC(=O)/C=C/c2c(F)cccc2Cl)cn1. The fourth-order valence-electron chi connectivity index (χ4n) is 2.05. The van der Waals surface area contributed by atoms with Crippen molar-refractivity contribution in [1.82, 2.24) is 9.78 Å². The van der Waals surface area contributed by atoms with Crippen molar-refractivity contribution in [2.75, 3.05) is 12.4 Å². The van der Waals surface area contributed by atoms with Gasteiger partial charge in [0, 0.05) is 31.5 Å². The lowest BCUT2D eigenvalue weighted by Gasteiger charge is -2.22. The molecular formula is C18H21ClFN3O2. The van der Waals surface area contributed by atoms with Crippen LogP contribution in [0.1, 0.15) is 25.8 Å². The van der Waals surface area contributed by atoms with Gasteiger partial charge in [0.25, 0.3) is 0 Å². The van der Waals surface area contributed by atoms with Crippen LogP contribution >= 0.6 is 11.6 Å². The van der Waals surface area contributed by atoms with E-state index in [2.05, 4.69) is 10.4 Å². The fourth-order valence-corrected chi connectivity index (χ4v) is 2.28. The monoisotopic (exact) mass is 365 g/mol. The van der Waals surface area contributed by atoms with Gasteiger partial charge in [-0.3, -0.25) is 9.48 Å². The second-order valence-corrected chi connectivity index (χ2v) is 6.57. The minimum Gasteiger partial charge on any atom is -0.379 e. The number of hydrogen-bond donors (Lipinski definition) is 1. The zero-order valence-corrected chi connectivity index (χ0v) is 15.2. The molecule has 1 amide bonds. The quantitative estimate of drug-likeness (QED) is 0.750. The Morgan fingerprint density at radius 3 is 2.92 bits per heavy atom. The van der Waals surface area contributed by atoms with E-state index in [-0.39, 0.29) is 16.2 Å². The molecule has 0 aliphatic carbocycles. The molecule has 0 unspecified atom stereocenters. The van der Waals surface area contributed by atoms with Gasteiger partial charge in [-0.15, -0.1) is 0 Å². The number of hydrogen-bond acceptors (Lipinski definition) is 3. The van der Waals surface area contributed by atoms with E-state index in [1.165, 1.54) is 24.3 Å². The summed E-state index contributed by atoms with van der Waals surface area (Å²) in [4.78, 5) is 12.0. The van der Waals surface area contributed by atoms with Crippen LogP contribution in [-0.2, 0) is 16.1 Å². The Morgan fingerprint density at radius 2 is 2.24 bits per heavy atom. The lowest BCUT2D eigenvalue weighted by atomic mass is 10.1. The van der Waals surface area contributed by atoms with Gasteiger partial charge in [-0.2, -0.15) is 5.10 Å². The fraction of sp³-hybridized carbons (Fsp3) is 0.333. The minimum absolute atomic E-state index is 0.178. The number of carbonyl (C=O) groups is 1. The van der Waals surface area contributed by atoms with Crippen molar-refractivity contribution in [2.45, 2.75) is 32.4 Å². The average Bonchev–Trinajstić information content (AvgIpc) is 3.00. The Bertz CT molecular complexity index is 751. The Morgan fingerprint density at radius 1 is 1.48 bits per heavy atom. The topological polar surface area (TPSA) is 56.1 Å². The Hall–Kier alpha value is -2.18. The number of carbonyl (C=O) groups excluding carboxylic acids is 1. The predicted octanol–water partition coefficient (Wildman–Crippen LogP) is 4.14. The van der Waals surface area contributed by atoms with Crippen LogP contribution in [0.15, 0.2) is 36.7 Å². The summed E-state index contributed by atoms with van der Waals surface area (Å²) >= 11 is 5.91. The number of nitrogens with one attached hydrogen (secondary N) is 1. The minimum atomic E-state index is -0.481. The van der Waals surface area contributed by atoms with Gasteiger partial charge >= 0.3 is 0 Å². The maximum absolute atomic E-state index is 13.7. The predicted molar refractivity (Wildman–Crippen MR) is 97.0 cm³/mol. The smallest absolute Gasteiger partial charge is 0.248 e. The highest BCUT2D eigenvalue weighted by Crippen LogP contribution is 2.20. The molecule has 5 nitrogen and oxygen atoms in total. The number of rotatable bonds is 7. The molecule has 1 heterocycles. The van der Waals surface area contributed by atoms with Gasteiger partial charge in [-0.05, 0) is 38.5 Å². The number of benzene rings is 1. The molecule has 2 aromatic rings. The van der Waals surface area contributed by atoms with Crippen molar-refractivity contribution < 1.29 is 13.9 Å². The number of nitrogens with zero attached hydrogens (tertiary/aromatic N) is 2. The summed E-state index contributed by atoms with van der Waals surface area (Å²) in [6, 6.07) is 4.36. The second-order valence-electron chi connectivity index (χ2n) is 6.16. The first-order chi connectivity index (χ1) is 11.8. The number of anilines is 1. The third-order valence-electron chi connectivity index (χ3n) is 3.80. The Kier molecular flexibility index (Phi) is 6.33. The first kappa shape index (κ1) is 19.1. The standard InChI is InChI=1S/C18H21ClFN3O2/c1-18(2,25-3)9-10-23-12-13(11-21-23)22-17(24)8-7-14-15(19)5-4-6-16(14)20/h4-8,11-12H,9-10H2,1-3H3,(H,22,24)/b8-7+. The number of ether oxygens (including phenoxy) is 1. The van der Waals surface area contributed by atoms with E-state index < -0.39 is 11.7 Å². The number of halogens is 2. The van der Waals surface area contributed by atoms with E-state index >= 15 is 0 Å². The summed E-state index contributed by atoms with van der Waals surface area (Å²) in [6.07, 6.45) is 6.65. The summed E-state index contributed by atoms with van der Waals surface area (Å²) in [7, 11) is 1.67. The van der Waals surface area contributed by atoms with Gasteiger partial charge in [-0.25, -0.2) is 4.39 Å². The molecule has 134 valence electrons. The highest BCUT2D eigenvalue weighted by Gasteiger charge is 2.16. The van der Waals surface area contributed by atoms with Crippen molar-refractivity contribution in [2.24, 2.45) is 0 Å². The second kappa shape index (κ2) is 8.27. The molecule has 1 aromatic carbocycles. The molecule has 25 heavy (non-hydrogen) atoms. The third-order valence-corrected chi connectivity index (χ3v) is 4.13. The van der Waals surface area contributed by atoms with E-state index in [4.69, 9.17) is 16.3 Å². The first-order valence-corrected chi connectivity index (χ1v) is 8.19. The summed E-state index contributed by atoms with van der Waals surface area (Å²) in [5.74, 6) is -0.874. The van der Waals surface area contributed by atoms with Gasteiger partial charge in [0.15, 0.2) is 0 Å². The van der Waals surface area contributed by atoms with Crippen molar-refractivity contribution in [1.29, 1.82) is 0 Å². The summed E-state index contributed by atoms with van der Waals surface area (Å²) < 4.78 is 20.7. The van der Waals surface area contributed by atoms with E-state index in [9.17, 15) is 9.18 Å². The molecule has 0 saturated carbocycles. The lowest BCUT2D eigenvalue weighted by Crippen LogP contribution is -2.24. The number of methoxy groups -OCH3 is 1. The highest BCUT2D eigenvalue weighted by atomic mass is 35.5. The van der Waals surface area contributed by atoms with Gasteiger partial charge in [-0.1, -0.05) is 17.7 Å². The summed E-state index contributed by atoms with van der Waals surface area (Å²) in [6.45, 7) is 4.66. The third kappa shape index (κ3) is 5.69. The Balaban J connectivity index is 1.94. The molecule has 0 bridgehead atoms. The van der Waals surface area contributed by atoms with E-state index in [0.717, 1.165) is 6.42 Å².